The van der Waals surface area contributed by atoms with Gasteiger partial charge in [-0.05, 0) is 47.4 Å². The monoisotopic (exact) mass is 344 g/mol. The summed E-state index contributed by atoms with van der Waals surface area (Å²) in [6.07, 6.45) is 0.234. The number of likely N-dealkylation sites (N-methyl/N-ethyl adjacent to an activating group) is 1. The lowest BCUT2D eigenvalue weighted by Crippen LogP contribution is -2.20. The molecule has 0 unspecified atom stereocenters. The van der Waals surface area contributed by atoms with Crippen LogP contribution < -0.4 is 9.62 Å². The molecule has 2 aromatic rings. The van der Waals surface area contributed by atoms with Crippen LogP contribution in [0.15, 0.2) is 47.4 Å². The zero-order valence-corrected chi connectivity index (χ0v) is 14.7. The molecule has 0 aliphatic carbocycles. The van der Waals surface area contributed by atoms with Gasteiger partial charge in [-0.2, -0.15) is 0 Å². The van der Waals surface area contributed by atoms with E-state index in [0.29, 0.717) is 11.6 Å². The molecule has 1 aliphatic rings. The molecular formula is C18H20N2O3S. The van der Waals surface area contributed by atoms with Gasteiger partial charge in [0, 0.05) is 18.4 Å². The number of nitrogens with one attached hydrogen (secondary N) is 1. The van der Waals surface area contributed by atoms with Gasteiger partial charge in [-0.3, -0.25) is 9.52 Å². The van der Waals surface area contributed by atoms with Gasteiger partial charge >= 0.3 is 0 Å². The van der Waals surface area contributed by atoms with E-state index in [-0.39, 0.29) is 17.2 Å². The van der Waals surface area contributed by atoms with Crippen molar-refractivity contribution >= 4 is 27.3 Å². The highest BCUT2D eigenvalue weighted by molar-refractivity contribution is 7.92. The van der Waals surface area contributed by atoms with Crippen LogP contribution in [-0.4, -0.2) is 21.4 Å². The van der Waals surface area contributed by atoms with E-state index in [4.69, 9.17) is 0 Å². The van der Waals surface area contributed by atoms with Gasteiger partial charge < -0.3 is 4.90 Å². The van der Waals surface area contributed by atoms with Gasteiger partial charge in [-0.1, -0.05) is 26.0 Å². The number of rotatable bonds is 4. The Kier molecular flexibility index (Phi) is 4.09. The lowest BCUT2D eigenvalue weighted by molar-refractivity contribution is -0.117. The minimum atomic E-state index is -3.69. The van der Waals surface area contributed by atoms with E-state index in [9.17, 15) is 13.2 Å². The molecule has 1 amide bonds. The van der Waals surface area contributed by atoms with Crippen molar-refractivity contribution in [1.82, 2.24) is 0 Å². The van der Waals surface area contributed by atoms with E-state index in [1.807, 2.05) is 18.2 Å². The Morgan fingerprint density at radius 1 is 1.12 bits per heavy atom. The minimum Gasteiger partial charge on any atom is -0.315 e. The number of sulfonamides is 1. The van der Waals surface area contributed by atoms with Crippen LogP contribution in [0, 0.1) is 0 Å². The molecule has 0 saturated carbocycles. The number of carbonyl (C=O) groups is 1. The van der Waals surface area contributed by atoms with E-state index in [0.717, 1.165) is 16.8 Å². The largest absolute Gasteiger partial charge is 0.315 e. The first kappa shape index (κ1) is 16.5. The number of hydrogen-bond acceptors (Lipinski definition) is 3. The van der Waals surface area contributed by atoms with Gasteiger partial charge in [0.2, 0.25) is 5.91 Å². The molecule has 1 N–H and O–H groups in total. The Balaban J connectivity index is 1.91. The van der Waals surface area contributed by atoms with E-state index in [1.165, 1.54) is 6.07 Å². The average molecular weight is 344 g/mol. The Morgan fingerprint density at radius 2 is 1.88 bits per heavy atom. The van der Waals surface area contributed by atoms with Crippen LogP contribution in [-0.2, 0) is 21.2 Å². The molecule has 0 spiro atoms. The Bertz CT molecular complexity index is 904. The molecule has 3 rings (SSSR count). The fourth-order valence-corrected chi connectivity index (χ4v) is 3.89. The van der Waals surface area contributed by atoms with Gasteiger partial charge in [0.15, 0.2) is 0 Å². The highest BCUT2D eigenvalue weighted by atomic mass is 32.2. The predicted molar refractivity (Wildman–Crippen MR) is 94.9 cm³/mol. The second kappa shape index (κ2) is 5.94. The summed E-state index contributed by atoms with van der Waals surface area (Å²) < 4.78 is 27.9. The zero-order chi connectivity index (χ0) is 17.5. The van der Waals surface area contributed by atoms with Gasteiger partial charge in [-0.25, -0.2) is 8.42 Å². The summed E-state index contributed by atoms with van der Waals surface area (Å²) in [5.74, 6) is 0.285. The molecule has 0 bridgehead atoms. The first-order valence-corrected chi connectivity index (χ1v) is 9.28. The van der Waals surface area contributed by atoms with Crippen LogP contribution in [0.3, 0.4) is 0 Å². The van der Waals surface area contributed by atoms with Crippen LogP contribution in [0.1, 0.15) is 30.9 Å². The van der Waals surface area contributed by atoms with Crippen molar-refractivity contribution in [3.8, 4) is 0 Å². The number of fused-ring (bicyclic) bond motifs is 1. The normalized spacial score (nSPS) is 14.2. The first-order chi connectivity index (χ1) is 11.3. The summed E-state index contributed by atoms with van der Waals surface area (Å²) in [4.78, 5) is 13.5. The maximum atomic E-state index is 12.6. The van der Waals surface area contributed by atoms with Gasteiger partial charge in [0.05, 0.1) is 11.3 Å². The molecule has 2 aromatic carbocycles. The topological polar surface area (TPSA) is 66.5 Å². The molecule has 1 aliphatic heterocycles. The molecular weight excluding hydrogens is 324 g/mol. The summed E-state index contributed by atoms with van der Waals surface area (Å²) in [6.45, 7) is 4.11. The summed E-state index contributed by atoms with van der Waals surface area (Å²) in [6, 6.07) is 12.2. The second-order valence-corrected chi connectivity index (χ2v) is 7.99. The lowest BCUT2D eigenvalue weighted by Gasteiger charge is -2.13. The SMILES string of the molecule is CC(C)c1cccc(NS(=O)(=O)c2ccc3c(c2)CC(=O)N3C)c1. The summed E-state index contributed by atoms with van der Waals surface area (Å²) in [7, 11) is -2.00. The Hall–Kier alpha value is -2.34. The number of anilines is 2. The number of carbonyl (C=O) groups excluding carboxylic acids is 1. The standard InChI is InChI=1S/C18H20N2O3S/c1-12(2)13-5-4-6-15(9-13)19-24(22,23)16-7-8-17-14(10-16)11-18(21)20(17)3/h4-10,12,19H,11H2,1-3H3. The average Bonchev–Trinajstić information content (AvgIpc) is 2.81. The van der Waals surface area contributed by atoms with Crippen LogP contribution in [0.4, 0.5) is 11.4 Å². The number of benzene rings is 2. The van der Waals surface area contributed by atoms with Crippen molar-refractivity contribution in [1.29, 1.82) is 0 Å². The first-order valence-electron chi connectivity index (χ1n) is 7.80. The minimum absolute atomic E-state index is 0.0304. The molecule has 0 fully saturated rings. The van der Waals surface area contributed by atoms with Crippen LogP contribution in [0.5, 0.6) is 0 Å². The third-order valence-corrected chi connectivity index (χ3v) is 5.62. The quantitative estimate of drug-likeness (QED) is 0.926. The Morgan fingerprint density at radius 3 is 2.58 bits per heavy atom. The van der Waals surface area contributed by atoms with Gasteiger partial charge in [0.1, 0.15) is 0 Å². The molecule has 0 atom stereocenters. The third-order valence-electron chi connectivity index (χ3n) is 4.24. The maximum Gasteiger partial charge on any atom is 0.261 e. The Labute approximate surface area is 142 Å². The van der Waals surface area contributed by atoms with E-state index < -0.39 is 10.0 Å². The highest BCUT2D eigenvalue weighted by Crippen LogP contribution is 2.30. The molecule has 6 heteroatoms. The van der Waals surface area contributed by atoms with Crippen molar-refractivity contribution in [2.75, 3.05) is 16.7 Å². The number of hydrogen-bond donors (Lipinski definition) is 1. The fraction of sp³-hybridized carbons (Fsp3) is 0.278. The van der Waals surface area contributed by atoms with Crippen LogP contribution in [0.25, 0.3) is 0 Å². The van der Waals surface area contributed by atoms with Crippen molar-refractivity contribution in [3.05, 3.63) is 53.6 Å². The second-order valence-electron chi connectivity index (χ2n) is 6.31. The van der Waals surface area contributed by atoms with Gasteiger partial charge in [-0.15, -0.1) is 0 Å². The van der Waals surface area contributed by atoms with Crippen LogP contribution in [0.2, 0.25) is 0 Å². The fourth-order valence-electron chi connectivity index (χ4n) is 2.79. The van der Waals surface area contributed by atoms with Crippen molar-refractivity contribution in [2.24, 2.45) is 0 Å². The summed E-state index contributed by atoms with van der Waals surface area (Å²) in [5, 5.41) is 0. The third kappa shape index (κ3) is 3.01. The van der Waals surface area contributed by atoms with E-state index >= 15 is 0 Å². The van der Waals surface area contributed by atoms with E-state index in [2.05, 4.69) is 18.6 Å². The van der Waals surface area contributed by atoms with Gasteiger partial charge in [0.25, 0.3) is 10.0 Å². The van der Waals surface area contributed by atoms with Crippen molar-refractivity contribution in [2.45, 2.75) is 31.1 Å². The number of amides is 1. The summed E-state index contributed by atoms with van der Waals surface area (Å²) >= 11 is 0. The molecule has 0 saturated heterocycles. The zero-order valence-electron chi connectivity index (χ0n) is 13.9. The predicted octanol–water partition coefficient (Wildman–Crippen LogP) is 3.13. The molecule has 1 heterocycles. The molecule has 24 heavy (non-hydrogen) atoms. The highest BCUT2D eigenvalue weighted by Gasteiger charge is 2.26. The van der Waals surface area contributed by atoms with E-state index in [1.54, 1.807) is 30.1 Å². The smallest absolute Gasteiger partial charge is 0.261 e. The molecule has 5 nitrogen and oxygen atoms in total. The molecule has 0 aromatic heterocycles. The van der Waals surface area contributed by atoms with Crippen molar-refractivity contribution < 1.29 is 13.2 Å². The maximum absolute atomic E-state index is 12.6. The molecule has 126 valence electrons. The van der Waals surface area contributed by atoms with Crippen LogP contribution >= 0.6 is 0 Å². The summed E-state index contributed by atoms with van der Waals surface area (Å²) in [5.41, 5.74) is 3.10. The van der Waals surface area contributed by atoms with Crippen molar-refractivity contribution in [3.63, 3.8) is 0 Å². The number of nitrogens with zero attached hydrogens (tertiary/aromatic N) is 1. The molecule has 0 radical (unpaired) electrons. The lowest BCUT2D eigenvalue weighted by atomic mass is 10.0.